The molecule has 0 aliphatic rings. The maximum Gasteiger partial charge on any atom is 0.408 e. The molecule has 3 unspecified atom stereocenters. The average molecular weight is 684 g/mol. The van der Waals surface area contributed by atoms with Crippen LogP contribution in [0.25, 0.3) is 11.0 Å². The van der Waals surface area contributed by atoms with Crippen molar-refractivity contribution < 1.29 is 28.3 Å². The van der Waals surface area contributed by atoms with Gasteiger partial charge in [0.15, 0.2) is 5.96 Å². The van der Waals surface area contributed by atoms with E-state index in [9.17, 15) is 24.0 Å². The van der Waals surface area contributed by atoms with E-state index < -0.39 is 47.6 Å². The highest BCUT2D eigenvalue weighted by molar-refractivity contribution is 6.00. The second-order valence-corrected chi connectivity index (χ2v) is 11.6. The van der Waals surface area contributed by atoms with Crippen LogP contribution in [0.3, 0.4) is 0 Å². The number of carbonyl (C=O) groups excluding carboxylic acids is 4. The van der Waals surface area contributed by atoms with Gasteiger partial charge in [0.1, 0.15) is 30.3 Å². The molecular formula is C36H41N7O7. The molecule has 0 aliphatic carbocycles. The van der Waals surface area contributed by atoms with Gasteiger partial charge in [-0.2, -0.15) is 0 Å². The standard InChI is InChI=1S/C36H41N7O7/c1-22-18-31(44)50-30-20-26(15-16-27(22)30)41-33(46)28(14-9-17-39-35(37)38)42-32(45)23(2)40-34(47)29(19-24-10-5-3-6-11-24)43-36(48)49-21-25-12-7-4-8-13-25/h3-8,10-13,15-16,18,20,23,28-29H,9,14,17,19,21H2,1-2H3,(H,40,47)(H,41,46)(H,42,45)(H,43,48)(H4,37,38,39). The summed E-state index contributed by atoms with van der Waals surface area (Å²) in [5.41, 5.74) is 13.2. The van der Waals surface area contributed by atoms with E-state index in [1.165, 1.54) is 19.1 Å². The highest BCUT2D eigenvalue weighted by Gasteiger charge is 2.28. The molecule has 8 N–H and O–H groups in total. The zero-order chi connectivity index (χ0) is 36.0. The van der Waals surface area contributed by atoms with Crippen LogP contribution >= 0.6 is 0 Å². The highest BCUT2D eigenvalue weighted by atomic mass is 16.5. The minimum absolute atomic E-state index is 0.00505. The molecule has 4 rings (SSSR count). The first-order valence-corrected chi connectivity index (χ1v) is 16.0. The zero-order valence-electron chi connectivity index (χ0n) is 27.8. The molecule has 14 nitrogen and oxygen atoms in total. The Morgan fingerprint density at radius 2 is 1.50 bits per heavy atom. The molecule has 0 aliphatic heterocycles. The Morgan fingerprint density at radius 3 is 2.18 bits per heavy atom. The fourth-order valence-corrected chi connectivity index (χ4v) is 5.05. The smallest absolute Gasteiger partial charge is 0.408 e. The molecule has 0 spiro atoms. The molecule has 3 atom stereocenters. The largest absolute Gasteiger partial charge is 0.445 e. The number of alkyl carbamates (subject to hydrolysis) is 1. The van der Waals surface area contributed by atoms with E-state index in [1.54, 1.807) is 43.3 Å². The second-order valence-electron chi connectivity index (χ2n) is 11.6. The van der Waals surface area contributed by atoms with Crippen LogP contribution in [0.15, 0.2) is 99.1 Å². The molecule has 14 heteroatoms. The minimum atomic E-state index is -1.10. The van der Waals surface area contributed by atoms with E-state index in [2.05, 4.69) is 26.3 Å². The number of ether oxygens (including phenoxy) is 1. The van der Waals surface area contributed by atoms with Gasteiger partial charge in [-0.1, -0.05) is 60.7 Å². The quantitative estimate of drug-likeness (QED) is 0.0469. The first-order valence-electron chi connectivity index (χ1n) is 16.0. The molecule has 0 fully saturated rings. The van der Waals surface area contributed by atoms with Crippen molar-refractivity contribution in [1.29, 1.82) is 0 Å². The first-order chi connectivity index (χ1) is 24.0. The van der Waals surface area contributed by atoms with Crippen LogP contribution in [0, 0.1) is 6.92 Å². The van der Waals surface area contributed by atoms with Gasteiger partial charge in [0, 0.05) is 36.2 Å². The molecule has 0 saturated heterocycles. The van der Waals surface area contributed by atoms with Gasteiger partial charge in [0.05, 0.1) is 0 Å². The molecule has 0 radical (unpaired) electrons. The Hall–Kier alpha value is -6.18. The molecule has 1 heterocycles. The summed E-state index contributed by atoms with van der Waals surface area (Å²) < 4.78 is 10.6. The Balaban J connectivity index is 1.43. The van der Waals surface area contributed by atoms with Crippen LogP contribution in [0.5, 0.6) is 0 Å². The van der Waals surface area contributed by atoms with Gasteiger partial charge in [0.25, 0.3) is 0 Å². The molecule has 4 aromatic rings. The van der Waals surface area contributed by atoms with E-state index in [1.807, 2.05) is 36.4 Å². The Kier molecular flexibility index (Phi) is 13.1. The van der Waals surface area contributed by atoms with Crippen molar-refractivity contribution >= 4 is 46.4 Å². The zero-order valence-corrected chi connectivity index (χ0v) is 27.8. The average Bonchev–Trinajstić information content (AvgIpc) is 3.08. The molecule has 262 valence electrons. The van der Waals surface area contributed by atoms with Crippen molar-refractivity contribution in [2.24, 2.45) is 16.5 Å². The van der Waals surface area contributed by atoms with E-state index in [0.717, 1.165) is 16.7 Å². The van der Waals surface area contributed by atoms with E-state index in [-0.39, 0.29) is 32.0 Å². The SMILES string of the molecule is Cc1cc(=O)oc2cc(NC(=O)C(CCCN=C(N)N)NC(=O)C(C)NC(=O)C(Cc3ccccc3)NC(=O)OCc3ccccc3)ccc12. The summed E-state index contributed by atoms with van der Waals surface area (Å²) >= 11 is 0. The van der Waals surface area contributed by atoms with Crippen molar-refractivity contribution in [1.82, 2.24) is 16.0 Å². The summed E-state index contributed by atoms with van der Waals surface area (Å²) in [7, 11) is 0. The van der Waals surface area contributed by atoms with Crippen molar-refractivity contribution in [2.75, 3.05) is 11.9 Å². The van der Waals surface area contributed by atoms with Gasteiger partial charge in [-0.3, -0.25) is 19.4 Å². The van der Waals surface area contributed by atoms with Crippen LogP contribution in [0.1, 0.15) is 36.5 Å². The number of nitrogens with one attached hydrogen (secondary N) is 4. The first kappa shape index (κ1) is 36.7. The predicted octanol–water partition coefficient (Wildman–Crippen LogP) is 2.62. The number of fused-ring (bicyclic) bond motifs is 1. The fourth-order valence-electron chi connectivity index (χ4n) is 5.05. The van der Waals surface area contributed by atoms with Crippen LogP contribution in [-0.4, -0.2) is 54.4 Å². The number of hydrogen-bond acceptors (Lipinski definition) is 8. The number of aliphatic imine (C=N–C) groups is 1. The maximum atomic E-state index is 13.5. The monoisotopic (exact) mass is 683 g/mol. The van der Waals surface area contributed by atoms with Crippen molar-refractivity contribution in [3.8, 4) is 0 Å². The van der Waals surface area contributed by atoms with Gasteiger partial charge < -0.3 is 41.9 Å². The molecule has 0 saturated carbocycles. The van der Waals surface area contributed by atoms with Crippen LogP contribution in [0.4, 0.5) is 10.5 Å². The topological polar surface area (TPSA) is 220 Å². The number of aryl methyl sites for hydroxylation is 1. The summed E-state index contributed by atoms with van der Waals surface area (Å²) in [4.78, 5) is 68.8. The lowest BCUT2D eigenvalue weighted by Crippen LogP contribution is -2.55. The third kappa shape index (κ3) is 11.2. The molecule has 50 heavy (non-hydrogen) atoms. The maximum absolute atomic E-state index is 13.5. The molecule has 0 bridgehead atoms. The van der Waals surface area contributed by atoms with Crippen LogP contribution in [0.2, 0.25) is 0 Å². The fraction of sp³-hybridized carbons (Fsp3) is 0.278. The normalized spacial score (nSPS) is 12.5. The van der Waals surface area contributed by atoms with E-state index >= 15 is 0 Å². The molecule has 4 amide bonds. The lowest BCUT2D eigenvalue weighted by molar-refractivity contribution is -0.131. The number of guanidine groups is 1. The highest BCUT2D eigenvalue weighted by Crippen LogP contribution is 2.21. The lowest BCUT2D eigenvalue weighted by atomic mass is 10.0. The predicted molar refractivity (Wildman–Crippen MR) is 189 cm³/mol. The third-order valence-corrected chi connectivity index (χ3v) is 7.65. The van der Waals surface area contributed by atoms with Gasteiger partial charge in [-0.25, -0.2) is 9.59 Å². The Labute approximate surface area is 288 Å². The van der Waals surface area contributed by atoms with Gasteiger partial charge in [0.2, 0.25) is 17.7 Å². The summed E-state index contributed by atoms with van der Waals surface area (Å²) in [5.74, 6) is -1.94. The summed E-state index contributed by atoms with van der Waals surface area (Å²) in [6.07, 6.45) is -0.176. The number of carbonyl (C=O) groups is 4. The number of rotatable bonds is 15. The lowest BCUT2D eigenvalue weighted by Gasteiger charge is -2.23. The minimum Gasteiger partial charge on any atom is -0.445 e. The molecule has 1 aromatic heterocycles. The number of amides is 4. The van der Waals surface area contributed by atoms with Gasteiger partial charge in [-0.05, 0) is 55.5 Å². The summed E-state index contributed by atoms with van der Waals surface area (Å²) in [5, 5.41) is 11.4. The van der Waals surface area contributed by atoms with Crippen LogP contribution < -0.4 is 38.4 Å². The number of hydrogen-bond donors (Lipinski definition) is 6. The third-order valence-electron chi connectivity index (χ3n) is 7.65. The van der Waals surface area contributed by atoms with Gasteiger partial charge >= 0.3 is 11.7 Å². The summed E-state index contributed by atoms with van der Waals surface area (Å²) in [6, 6.07) is 21.2. The van der Waals surface area contributed by atoms with Crippen molar-refractivity contribution in [3.05, 3.63) is 112 Å². The second kappa shape index (κ2) is 17.8. The number of benzene rings is 3. The Bertz CT molecular complexity index is 1880. The van der Waals surface area contributed by atoms with Crippen molar-refractivity contribution in [2.45, 2.75) is 57.8 Å². The summed E-state index contributed by atoms with van der Waals surface area (Å²) in [6.45, 7) is 3.45. The Morgan fingerprint density at radius 1 is 0.820 bits per heavy atom. The van der Waals surface area contributed by atoms with Crippen molar-refractivity contribution in [3.63, 3.8) is 0 Å². The molecule has 3 aromatic carbocycles. The van der Waals surface area contributed by atoms with Gasteiger partial charge in [-0.15, -0.1) is 0 Å². The van der Waals surface area contributed by atoms with Crippen LogP contribution in [-0.2, 0) is 32.1 Å². The van der Waals surface area contributed by atoms with E-state index in [4.69, 9.17) is 20.6 Å². The molecular weight excluding hydrogens is 642 g/mol. The number of nitrogens with zero attached hydrogens (tertiary/aromatic N) is 1. The number of nitrogens with two attached hydrogens (primary N) is 2. The number of anilines is 1. The van der Waals surface area contributed by atoms with E-state index in [0.29, 0.717) is 23.1 Å².